The first-order chi connectivity index (χ1) is 7.26. The highest BCUT2D eigenvalue weighted by atomic mass is 16.5. The van der Waals surface area contributed by atoms with Gasteiger partial charge in [0.25, 0.3) is 0 Å². The standard InChI is InChI=1S/C9H17NO2.C3H8.CH4/c11-8-9(1-2-9)7-10-3-5-12-6-4-10;1-3-2;/h11H,1-8H2;3H2,1-2H3;1H4. The third-order valence-electron chi connectivity index (χ3n) is 2.96. The van der Waals surface area contributed by atoms with E-state index in [-0.39, 0.29) is 12.8 Å². The predicted octanol–water partition coefficient (Wildman–Crippen LogP) is 2.14. The third kappa shape index (κ3) is 5.28. The molecule has 1 heterocycles. The highest BCUT2D eigenvalue weighted by molar-refractivity contribution is 4.95. The molecule has 16 heavy (non-hydrogen) atoms. The maximum atomic E-state index is 9.13. The van der Waals surface area contributed by atoms with E-state index in [1.807, 2.05) is 0 Å². The number of morpholine rings is 1. The minimum absolute atomic E-state index is 0. The summed E-state index contributed by atoms with van der Waals surface area (Å²) in [6.07, 6.45) is 3.67. The van der Waals surface area contributed by atoms with Gasteiger partial charge in [0.2, 0.25) is 0 Å². The average molecular weight is 231 g/mol. The van der Waals surface area contributed by atoms with Crippen LogP contribution in [0.5, 0.6) is 0 Å². The van der Waals surface area contributed by atoms with Gasteiger partial charge in [-0.25, -0.2) is 0 Å². The smallest absolute Gasteiger partial charge is 0.0594 e. The van der Waals surface area contributed by atoms with Gasteiger partial charge in [-0.2, -0.15) is 0 Å². The molecule has 0 unspecified atom stereocenters. The molecule has 0 aromatic heterocycles. The lowest BCUT2D eigenvalue weighted by atomic mass is 10.1. The van der Waals surface area contributed by atoms with Crippen molar-refractivity contribution in [1.29, 1.82) is 0 Å². The number of nitrogens with zero attached hydrogens (tertiary/aromatic N) is 1. The van der Waals surface area contributed by atoms with Crippen molar-refractivity contribution in [2.45, 2.75) is 40.5 Å². The minimum Gasteiger partial charge on any atom is -0.396 e. The summed E-state index contributed by atoms with van der Waals surface area (Å²) in [6.45, 7) is 9.50. The van der Waals surface area contributed by atoms with E-state index in [9.17, 15) is 0 Å². The summed E-state index contributed by atoms with van der Waals surface area (Å²) in [5.74, 6) is 0. The van der Waals surface area contributed by atoms with Crippen LogP contribution in [0.2, 0.25) is 0 Å². The lowest BCUT2D eigenvalue weighted by Gasteiger charge is -2.29. The van der Waals surface area contributed by atoms with E-state index in [4.69, 9.17) is 9.84 Å². The van der Waals surface area contributed by atoms with Crippen molar-refractivity contribution in [3.63, 3.8) is 0 Å². The summed E-state index contributed by atoms with van der Waals surface area (Å²) < 4.78 is 5.26. The molecular formula is C13H29NO2. The Morgan fingerprint density at radius 1 is 1.19 bits per heavy atom. The van der Waals surface area contributed by atoms with E-state index < -0.39 is 0 Å². The molecule has 2 aliphatic rings. The Hall–Kier alpha value is -0.120. The van der Waals surface area contributed by atoms with Crippen LogP contribution in [-0.2, 0) is 4.74 Å². The molecule has 0 radical (unpaired) electrons. The van der Waals surface area contributed by atoms with Gasteiger partial charge in [-0.15, -0.1) is 0 Å². The molecule has 1 saturated carbocycles. The Labute approximate surface area is 101 Å². The Kier molecular flexibility index (Phi) is 7.98. The molecule has 3 heteroatoms. The van der Waals surface area contributed by atoms with Crippen LogP contribution in [0.15, 0.2) is 0 Å². The van der Waals surface area contributed by atoms with Gasteiger partial charge in [0.15, 0.2) is 0 Å². The Morgan fingerprint density at radius 2 is 1.69 bits per heavy atom. The zero-order valence-corrected chi connectivity index (χ0v) is 10.2. The molecule has 0 spiro atoms. The summed E-state index contributed by atoms with van der Waals surface area (Å²) in [6, 6.07) is 0. The highest BCUT2D eigenvalue weighted by Crippen LogP contribution is 2.45. The van der Waals surface area contributed by atoms with Crippen molar-refractivity contribution in [1.82, 2.24) is 4.90 Å². The molecule has 2 fully saturated rings. The van der Waals surface area contributed by atoms with Crippen LogP contribution in [0, 0.1) is 5.41 Å². The molecule has 1 N–H and O–H groups in total. The molecule has 1 aliphatic carbocycles. The van der Waals surface area contributed by atoms with Gasteiger partial charge in [0.1, 0.15) is 0 Å². The molecule has 3 nitrogen and oxygen atoms in total. The fraction of sp³-hybridized carbons (Fsp3) is 1.00. The van der Waals surface area contributed by atoms with E-state index in [2.05, 4.69) is 18.7 Å². The lowest BCUT2D eigenvalue weighted by molar-refractivity contribution is 0.0222. The van der Waals surface area contributed by atoms with E-state index in [1.54, 1.807) is 0 Å². The first kappa shape index (κ1) is 15.9. The Morgan fingerprint density at radius 3 is 2.06 bits per heavy atom. The highest BCUT2D eigenvalue weighted by Gasteiger charge is 2.43. The van der Waals surface area contributed by atoms with Crippen LogP contribution >= 0.6 is 0 Å². The van der Waals surface area contributed by atoms with Crippen molar-refractivity contribution < 1.29 is 9.84 Å². The number of aliphatic hydroxyl groups excluding tert-OH is 1. The van der Waals surface area contributed by atoms with E-state index >= 15 is 0 Å². The van der Waals surface area contributed by atoms with Crippen LogP contribution in [0.4, 0.5) is 0 Å². The fourth-order valence-corrected chi connectivity index (χ4v) is 1.78. The van der Waals surface area contributed by atoms with Gasteiger partial charge in [-0.1, -0.05) is 27.7 Å². The summed E-state index contributed by atoms with van der Waals surface area (Å²) in [5, 5.41) is 9.13. The molecule has 1 saturated heterocycles. The van der Waals surface area contributed by atoms with Crippen molar-refractivity contribution in [3.05, 3.63) is 0 Å². The first-order valence-corrected chi connectivity index (χ1v) is 6.17. The van der Waals surface area contributed by atoms with E-state index in [0.29, 0.717) is 6.61 Å². The first-order valence-electron chi connectivity index (χ1n) is 6.17. The van der Waals surface area contributed by atoms with Crippen molar-refractivity contribution in [2.24, 2.45) is 5.41 Å². The van der Waals surface area contributed by atoms with E-state index in [0.717, 1.165) is 32.8 Å². The second kappa shape index (κ2) is 8.04. The quantitative estimate of drug-likeness (QED) is 0.808. The lowest BCUT2D eigenvalue weighted by Crippen LogP contribution is -2.40. The van der Waals surface area contributed by atoms with E-state index in [1.165, 1.54) is 19.3 Å². The zero-order valence-electron chi connectivity index (χ0n) is 10.2. The maximum absolute atomic E-state index is 9.13. The Bertz CT molecular complexity index is 163. The SMILES string of the molecule is C.CCC.OCC1(CN2CCOCC2)CC1. The summed E-state index contributed by atoms with van der Waals surface area (Å²) in [7, 11) is 0. The molecule has 98 valence electrons. The van der Waals surface area contributed by atoms with Crippen LogP contribution < -0.4 is 0 Å². The Balaban J connectivity index is 0.000000511. The second-order valence-electron chi connectivity index (χ2n) is 4.75. The fourth-order valence-electron chi connectivity index (χ4n) is 1.78. The van der Waals surface area contributed by atoms with Crippen LogP contribution in [0.25, 0.3) is 0 Å². The van der Waals surface area contributed by atoms with Gasteiger partial charge in [-0.3, -0.25) is 4.90 Å². The second-order valence-corrected chi connectivity index (χ2v) is 4.75. The third-order valence-corrected chi connectivity index (χ3v) is 2.96. The normalized spacial score (nSPS) is 22.7. The topological polar surface area (TPSA) is 32.7 Å². The number of ether oxygens (including phenoxy) is 1. The summed E-state index contributed by atoms with van der Waals surface area (Å²) >= 11 is 0. The zero-order chi connectivity index (χ0) is 11.1. The molecule has 0 atom stereocenters. The van der Waals surface area contributed by atoms with Gasteiger partial charge in [-0.05, 0) is 12.8 Å². The molecule has 0 aromatic carbocycles. The molecule has 0 aromatic rings. The summed E-state index contributed by atoms with van der Waals surface area (Å²) in [5.41, 5.74) is 0.275. The number of hydrogen-bond donors (Lipinski definition) is 1. The average Bonchev–Trinajstić information content (AvgIpc) is 3.01. The molecule has 0 amide bonds. The largest absolute Gasteiger partial charge is 0.396 e. The van der Waals surface area contributed by atoms with Crippen LogP contribution in [0.1, 0.15) is 40.5 Å². The number of rotatable bonds is 3. The van der Waals surface area contributed by atoms with Gasteiger partial charge >= 0.3 is 0 Å². The molecule has 1 aliphatic heterocycles. The minimum atomic E-state index is 0. The number of aliphatic hydroxyl groups is 1. The van der Waals surface area contributed by atoms with Crippen molar-refractivity contribution >= 4 is 0 Å². The maximum Gasteiger partial charge on any atom is 0.0594 e. The van der Waals surface area contributed by atoms with Crippen molar-refractivity contribution in [3.8, 4) is 0 Å². The molecule has 2 rings (SSSR count). The van der Waals surface area contributed by atoms with Gasteiger partial charge < -0.3 is 9.84 Å². The molecular weight excluding hydrogens is 202 g/mol. The van der Waals surface area contributed by atoms with Crippen LogP contribution in [0.3, 0.4) is 0 Å². The number of hydrogen-bond acceptors (Lipinski definition) is 3. The van der Waals surface area contributed by atoms with Gasteiger partial charge in [0.05, 0.1) is 13.2 Å². The van der Waals surface area contributed by atoms with Crippen LogP contribution in [-0.4, -0.2) is 49.5 Å². The summed E-state index contributed by atoms with van der Waals surface area (Å²) in [4.78, 5) is 2.41. The monoisotopic (exact) mass is 231 g/mol. The van der Waals surface area contributed by atoms with Crippen molar-refractivity contribution in [2.75, 3.05) is 39.5 Å². The predicted molar refractivity (Wildman–Crippen MR) is 68.7 cm³/mol. The molecule has 0 bridgehead atoms. The van der Waals surface area contributed by atoms with Gasteiger partial charge in [0, 0.05) is 31.7 Å².